The van der Waals surface area contributed by atoms with Crippen LogP contribution in [0.25, 0.3) is 0 Å². The average Bonchev–Trinajstić information content (AvgIpc) is 2.40. The van der Waals surface area contributed by atoms with Crippen LogP contribution in [-0.4, -0.2) is 20.9 Å². The summed E-state index contributed by atoms with van der Waals surface area (Å²) in [5.41, 5.74) is 1.76. The van der Waals surface area contributed by atoms with Crippen LogP contribution in [-0.2, 0) is 6.54 Å². The predicted molar refractivity (Wildman–Crippen MR) is 72.2 cm³/mol. The number of aromatic nitrogens is 3. The van der Waals surface area contributed by atoms with Crippen LogP contribution in [0.5, 0.6) is 0 Å². The molecule has 0 unspecified atom stereocenters. The van der Waals surface area contributed by atoms with E-state index >= 15 is 0 Å². The molecule has 0 radical (unpaired) electrons. The van der Waals surface area contributed by atoms with Crippen LogP contribution in [0.1, 0.15) is 21.7 Å². The number of nitrogens with zero attached hydrogens (tertiary/aromatic N) is 3. The lowest BCUT2D eigenvalue weighted by Gasteiger charge is -2.06. The topological polar surface area (TPSA) is 67.8 Å². The van der Waals surface area contributed by atoms with Gasteiger partial charge in [-0.05, 0) is 13.0 Å². The van der Waals surface area contributed by atoms with E-state index in [1.165, 1.54) is 12.3 Å². The average molecular weight is 297 g/mol. The smallest absolute Gasteiger partial charge is 0.253 e. The van der Waals surface area contributed by atoms with Gasteiger partial charge in [0.25, 0.3) is 5.91 Å². The maximum Gasteiger partial charge on any atom is 0.253 e. The first-order valence-corrected chi connectivity index (χ1v) is 6.18. The van der Waals surface area contributed by atoms with Crippen molar-refractivity contribution in [1.29, 1.82) is 0 Å². The number of pyridine rings is 1. The zero-order chi connectivity index (χ0) is 13.8. The Hall–Kier alpha value is -1.72. The lowest BCUT2D eigenvalue weighted by molar-refractivity contribution is 0.0950. The van der Waals surface area contributed by atoms with E-state index in [-0.39, 0.29) is 28.2 Å². The Morgan fingerprint density at radius 1 is 1.21 bits per heavy atom. The van der Waals surface area contributed by atoms with E-state index < -0.39 is 0 Å². The largest absolute Gasteiger partial charge is 0.346 e. The monoisotopic (exact) mass is 296 g/mol. The first kappa shape index (κ1) is 13.7. The maximum absolute atomic E-state index is 11.9. The molecule has 0 aliphatic carbocycles. The molecule has 1 amide bonds. The van der Waals surface area contributed by atoms with Gasteiger partial charge < -0.3 is 5.32 Å². The van der Waals surface area contributed by atoms with Gasteiger partial charge in [0, 0.05) is 12.4 Å². The minimum atomic E-state index is -0.336. The second-order valence-corrected chi connectivity index (χ2v) is 4.61. The third-order valence-electron chi connectivity index (χ3n) is 2.33. The van der Waals surface area contributed by atoms with Gasteiger partial charge in [-0.15, -0.1) is 0 Å². The third-order valence-corrected chi connectivity index (χ3v) is 2.84. The zero-order valence-electron chi connectivity index (χ0n) is 10.0. The van der Waals surface area contributed by atoms with Gasteiger partial charge in [-0.25, -0.2) is 4.98 Å². The van der Waals surface area contributed by atoms with E-state index in [9.17, 15) is 4.79 Å². The Balaban J connectivity index is 2.05. The molecule has 98 valence electrons. The molecule has 0 saturated carbocycles. The number of nitrogens with one attached hydrogen (secondary N) is 1. The Bertz CT molecular complexity index is 601. The lowest BCUT2D eigenvalue weighted by Crippen LogP contribution is -2.23. The van der Waals surface area contributed by atoms with Gasteiger partial charge in [0.05, 0.1) is 34.7 Å². The fraction of sp³-hybridized carbons (Fsp3) is 0.167. The second-order valence-electron chi connectivity index (χ2n) is 3.82. The Labute approximate surface area is 120 Å². The van der Waals surface area contributed by atoms with E-state index in [2.05, 4.69) is 20.3 Å². The summed E-state index contributed by atoms with van der Waals surface area (Å²) in [6, 6.07) is 1.42. The van der Waals surface area contributed by atoms with Gasteiger partial charge >= 0.3 is 0 Å². The van der Waals surface area contributed by atoms with E-state index in [1.54, 1.807) is 12.4 Å². The molecule has 2 rings (SSSR count). The number of hydrogen-bond acceptors (Lipinski definition) is 4. The highest BCUT2D eigenvalue weighted by molar-refractivity contribution is 6.35. The predicted octanol–water partition coefficient (Wildman–Crippen LogP) is 2.42. The molecule has 2 aromatic rings. The quantitative estimate of drug-likeness (QED) is 0.883. The molecule has 2 heterocycles. The minimum Gasteiger partial charge on any atom is -0.346 e. The fourth-order valence-corrected chi connectivity index (χ4v) is 1.71. The highest BCUT2D eigenvalue weighted by atomic mass is 35.5. The van der Waals surface area contributed by atoms with Gasteiger partial charge in [0.15, 0.2) is 0 Å². The molecule has 0 aliphatic rings. The molecule has 19 heavy (non-hydrogen) atoms. The highest BCUT2D eigenvalue weighted by Crippen LogP contribution is 2.17. The van der Waals surface area contributed by atoms with Crippen molar-refractivity contribution in [1.82, 2.24) is 20.3 Å². The van der Waals surface area contributed by atoms with Crippen LogP contribution in [0.15, 0.2) is 24.7 Å². The summed E-state index contributed by atoms with van der Waals surface area (Å²) in [6.45, 7) is 2.11. The number of aryl methyl sites for hydroxylation is 1. The summed E-state index contributed by atoms with van der Waals surface area (Å²) in [5.74, 6) is -0.336. The van der Waals surface area contributed by atoms with Crippen LogP contribution in [0.2, 0.25) is 10.2 Å². The number of carbonyl (C=O) groups is 1. The molecule has 0 fully saturated rings. The number of amides is 1. The van der Waals surface area contributed by atoms with Crippen molar-refractivity contribution in [2.24, 2.45) is 0 Å². The van der Waals surface area contributed by atoms with Crippen molar-refractivity contribution >= 4 is 29.1 Å². The Morgan fingerprint density at radius 3 is 2.68 bits per heavy atom. The highest BCUT2D eigenvalue weighted by Gasteiger charge is 2.11. The van der Waals surface area contributed by atoms with Gasteiger partial charge in [-0.2, -0.15) is 0 Å². The molecule has 0 spiro atoms. The fourth-order valence-electron chi connectivity index (χ4n) is 1.36. The van der Waals surface area contributed by atoms with Crippen LogP contribution in [0.4, 0.5) is 0 Å². The van der Waals surface area contributed by atoms with E-state index in [0.29, 0.717) is 5.69 Å². The number of hydrogen-bond donors (Lipinski definition) is 1. The van der Waals surface area contributed by atoms with Crippen molar-refractivity contribution in [3.05, 3.63) is 51.8 Å². The van der Waals surface area contributed by atoms with Gasteiger partial charge in [-0.1, -0.05) is 23.2 Å². The first-order valence-electron chi connectivity index (χ1n) is 5.43. The molecule has 0 atom stereocenters. The minimum absolute atomic E-state index is 0.213. The van der Waals surface area contributed by atoms with Gasteiger partial charge in [-0.3, -0.25) is 14.8 Å². The van der Waals surface area contributed by atoms with Crippen LogP contribution in [0.3, 0.4) is 0 Å². The summed E-state index contributed by atoms with van der Waals surface area (Å²) in [4.78, 5) is 23.9. The zero-order valence-corrected chi connectivity index (χ0v) is 11.5. The normalized spacial score (nSPS) is 10.3. The van der Waals surface area contributed by atoms with Crippen molar-refractivity contribution in [2.45, 2.75) is 13.5 Å². The maximum atomic E-state index is 11.9. The molecular formula is C12H10Cl2N4O. The molecule has 1 N–H and O–H groups in total. The molecule has 7 heteroatoms. The first-order chi connectivity index (χ1) is 9.06. The summed E-state index contributed by atoms with van der Waals surface area (Å²) in [5, 5.41) is 3.15. The summed E-state index contributed by atoms with van der Waals surface area (Å²) in [7, 11) is 0. The van der Waals surface area contributed by atoms with Crippen LogP contribution >= 0.6 is 23.2 Å². The van der Waals surface area contributed by atoms with Crippen LogP contribution < -0.4 is 5.32 Å². The SMILES string of the molecule is Cc1cnc(CNC(=O)c2cc(Cl)ncc2Cl)cn1. The number of rotatable bonds is 3. The third kappa shape index (κ3) is 3.62. The van der Waals surface area contributed by atoms with E-state index in [0.717, 1.165) is 5.69 Å². The van der Waals surface area contributed by atoms with Crippen molar-refractivity contribution in [3.8, 4) is 0 Å². The molecule has 0 bridgehead atoms. The van der Waals surface area contributed by atoms with Gasteiger partial charge in [0.1, 0.15) is 5.15 Å². The molecular weight excluding hydrogens is 287 g/mol. The second kappa shape index (κ2) is 5.95. The molecule has 0 saturated heterocycles. The molecule has 0 aromatic carbocycles. The van der Waals surface area contributed by atoms with Crippen LogP contribution in [0, 0.1) is 6.92 Å². The summed E-state index contributed by atoms with van der Waals surface area (Å²) < 4.78 is 0. The number of carbonyl (C=O) groups excluding carboxylic acids is 1. The van der Waals surface area contributed by atoms with Crippen molar-refractivity contribution in [3.63, 3.8) is 0 Å². The van der Waals surface area contributed by atoms with Crippen molar-refractivity contribution in [2.75, 3.05) is 0 Å². The Morgan fingerprint density at radius 2 is 2.00 bits per heavy atom. The molecule has 2 aromatic heterocycles. The number of halogens is 2. The van der Waals surface area contributed by atoms with Crippen molar-refractivity contribution < 1.29 is 4.79 Å². The lowest BCUT2D eigenvalue weighted by atomic mass is 10.2. The summed E-state index contributed by atoms with van der Waals surface area (Å²) in [6.07, 6.45) is 4.58. The van der Waals surface area contributed by atoms with E-state index in [4.69, 9.17) is 23.2 Å². The molecule has 5 nitrogen and oxygen atoms in total. The van der Waals surface area contributed by atoms with E-state index in [1.807, 2.05) is 6.92 Å². The molecule has 0 aliphatic heterocycles. The Kier molecular flexibility index (Phi) is 4.29. The summed E-state index contributed by atoms with van der Waals surface area (Å²) >= 11 is 11.6. The van der Waals surface area contributed by atoms with Gasteiger partial charge in [0.2, 0.25) is 0 Å². The standard InChI is InChI=1S/C12H10Cl2N4O/c1-7-3-16-8(4-15-7)5-18-12(19)9-2-11(14)17-6-10(9)13/h2-4,6H,5H2,1H3,(H,18,19).